The maximum atomic E-state index is 12.5. The molecule has 2 aromatic carbocycles. The van der Waals surface area contributed by atoms with Gasteiger partial charge in [0.25, 0.3) is 5.91 Å². The number of nitrogens with zero attached hydrogens (tertiary/aromatic N) is 1. The Bertz CT molecular complexity index is 971. The Labute approximate surface area is 173 Å². The number of furan rings is 1. The molecule has 29 heavy (non-hydrogen) atoms. The first-order valence-corrected chi connectivity index (χ1v) is 10.1. The lowest BCUT2D eigenvalue weighted by atomic mass is 10.1. The highest BCUT2D eigenvalue weighted by Gasteiger charge is 2.16. The third-order valence-electron chi connectivity index (χ3n) is 5.25. The maximum absolute atomic E-state index is 12.5. The summed E-state index contributed by atoms with van der Waals surface area (Å²) in [6.07, 6.45) is 0. The second-order valence-electron chi connectivity index (χ2n) is 8.00. The van der Waals surface area contributed by atoms with Crippen LogP contribution in [0.2, 0.25) is 0 Å². The smallest absolute Gasteiger partial charge is 0.291 e. The van der Waals surface area contributed by atoms with Crippen molar-refractivity contribution in [2.24, 2.45) is 0 Å². The molecule has 3 aromatic rings. The number of hydrogen-bond donors (Lipinski definition) is 1. The van der Waals surface area contributed by atoms with Gasteiger partial charge in [0.1, 0.15) is 5.76 Å². The third kappa shape index (κ3) is 5.58. The zero-order valence-corrected chi connectivity index (χ0v) is 18.0. The van der Waals surface area contributed by atoms with E-state index in [-0.39, 0.29) is 5.91 Å². The molecule has 3 rings (SSSR count). The average molecular weight is 391 g/mol. The van der Waals surface area contributed by atoms with Gasteiger partial charge in [0.15, 0.2) is 5.76 Å². The van der Waals surface area contributed by atoms with E-state index in [1.165, 1.54) is 16.7 Å². The van der Waals surface area contributed by atoms with E-state index in [9.17, 15) is 4.79 Å². The Balaban J connectivity index is 1.66. The molecule has 0 saturated carbocycles. The summed E-state index contributed by atoms with van der Waals surface area (Å²) in [5.74, 6) is 0.891. The molecule has 0 unspecified atom stereocenters. The molecular formula is C25H30N2O2. The van der Waals surface area contributed by atoms with E-state index in [2.05, 4.69) is 62.2 Å². The lowest BCUT2D eigenvalue weighted by molar-refractivity contribution is 0.0991. The highest BCUT2D eigenvalue weighted by molar-refractivity contribution is 6.02. The standard InChI is InChI=1S/C25H30N2O2/c1-17(2)27(15-21-9-6-18(3)7-10-21)16-23-12-13-24(29-23)25(28)26-22-11-8-19(4)20(5)14-22/h6-14,17H,15-16H2,1-5H3,(H,26,28). The van der Waals surface area contributed by atoms with Crippen LogP contribution >= 0.6 is 0 Å². The van der Waals surface area contributed by atoms with Gasteiger partial charge in [0.05, 0.1) is 6.54 Å². The number of amides is 1. The molecule has 0 saturated heterocycles. The van der Waals surface area contributed by atoms with Gasteiger partial charge in [-0.15, -0.1) is 0 Å². The van der Waals surface area contributed by atoms with E-state index >= 15 is 0 Å². The van der Waals surface area contributed by atoms with Gasteiger partial charge >= 0.3 is 0 Å². The van der Waals surface area contributed by atoms with Gasteiger partial charge in [-0.1, -0.05) is 35.9 Å². The van der Waals surface area contributed by atoms with Crippen LogP contribution in [0.25, 0.3) is 0 Å². The number of carbonyl (C=O) groups excluding carboxylic acids is 1. The molecule has 0 aliphatic heterocycles. The van der Waals surface area contributed by atoms with E-state index in [0.717, 1.165) is 23.6 Å². The molecule has 0 fully saturated rings. The van der Waals surface area contributed by atoms with Crippen LogP contribution in [-0.2, 0) is 13.1 Å². The molecule has 4 nitrogen and oxygen atoms in total. The SMILES string of the molecule is Cc1ccc(CN(Cc2ccc(C(=O)Nc3ccc(C)c(C)c3)o2)C(C)C)cc1. The summed E-state index contributed by atoms with van der Waals surface area (Å²) in [6, 6.07) is 18.5. The first-order valence-electron chi connectivity index (χ1n) is 10.1. The minimum atomic E-state index is -0.228. The minimum Gasteiger partial charge on any atom is -0.455 e. The molecule has 0 spiro atoms. The number of rotatable bonds is 7. The number of aryl methyl sites for hydroxylation is 3. The topological polar surface area (TPSA) is 45.5 Å². The summed E-state index contributed by atoms with van der Waals surface area (Å²) in [6.45, 7) is 12.0. The molecule has 0 bridgehead atoms. The van der Waals surface area contributed by atoms with Crippen molar-refractivity contribution in [3.8, 4) is 0 Å². The van der Waals surface area contributed by atoms with E-state index in [0.29, 0.717) is 18.3 Å². The van der Waals surface area contributed by atoms with Gasteiger partial charge < -0.3 is 9.73 Å². The van der Waals surface area contributed by atoms with Crippen LogP contribution in [0.15, 0.2) is 59.0 Å². The van der Waals surface area contributed by atoms with Crippen molar-refractivity contribution < 1.29 is 9.21 Å². The first-order chi connectivity index (χ1) is 13.8. The summed E-state index contributed by atoms with van der Waals surface area (Å²) >= 11 is 0. The Kier molecular flexibility index (Phi) is 6.55. The predicted molar refractivity (Wildman–Crippen MR) is 118 cm³/mol. The molecule has 0 atom stereocenters. The molecule has 1 amide bonds. The molecular weight excluding hydrogens is 360 g/mol. The Morgan fingerprint density at radius 2 is 1.66 bits per heavy atom. The van der Waals surface area contributed by atoms with Gasteiger partial charge in [-0.25, -0.2) is 0 Å². The molecule has 1 N–H and O–H groups in total. The quantitative estimate of drug-likeness (QED) is 0.549. The van der Waals surface area contributed by atoms with E-state index in [1.807, 2.05) is 31.2 Å². The maximum Gasteiger partial charge on any atom is 0.291 e. The number of nitrogens with one attached hydrogen (secondary N) is 1. The van der Waals surface area contributed by atoms with Crippen molar-refractivity contribution in [1.29, 1.82) is 0 Å². The average Bonchev–Trinajstić information content (AvgIpc) is 3.14. The number of benzene rings is 2. The van der Waals surface area contributed by atoms with Gasteiger partial charge in [-0.2, -0.15) is 0 Å². The summed E-state index contributed by atoms with van der Waals surface area (Å²) in [7, 11) is 0. The summed E-state index contributed by atoms with van der Waals surface area (Å²) in [5, 5.41) is 2.91. The van der Waals surface area contributed by atoms with Gasteiger partial charge in [-0.05, 0) is 75.6 Å². The Morgan fingerprint density at radius 1 is 0.931 bits per heavy atom. The molecule has 4 heteroatoms. The monoisotopic (exact) mass is 390 g/mol. The molecule has 1 aromatic heterocycles. The summed E-state index contributed by atoms with van der Waals surface area (Å²) in [4.78, 5) is 14.9. The van der Waals surface area contributed by atoms with Gasteiger partial charge in [0, 0.05) is 18.3 Å². The highest BCUT2D eigenvalue weighted by Crippen LogP contribution is 2.19. The molecule has 0 radical (unpaired) electrons. The lowest BCUT2D eigenvalue weighted by Crippen LogP contribution is -2.29. The fourth-order valence-electron chi connectivity index (χ4n) is 3.15. The van der Waals surface area contributed by atoms with E-state index < -0.39 is 0 Å². The number of anilines is 1. The van der Waals surface area contributed by atoms with Gasteiger partial charge in [-0.3, -0.25) is 9.69 Å². The third-order valence-corrected chi connectivity index (χ3v) is 5.25. The van der Waals surface area contributed by atoms with Crippen LogP contribution in [-0.4, -0.2) is 16.8 Å². The molecule has 1 heterocycles. The molecule has 0 aliphatic rings. The van der Waals surface area contributed by atoms with Crippen LogP contribution in [0.5, 0.6) is 0 Å². The molecule has 0 aliphatic carbocycles. The second-order valence-corrected chi connectivity index (χ2v) is 8.00. The largest absolute Gasteiger partial charge is 0.455 e. The van der Waals surface area contributed by atoms with Crippen molar-refractivity contribution in [3.63, 3.8) is 0 Å². The zero-order chi connectivity index (χ0) is 21.0. The minimum absolute atomic E-state index is 0.228. The van der Waals surface area contributed by atoms with Gasteiger partial charge in [0.2, 0.25) is 0 Å². The highest BCUT2D eigenvalue weighted by atomic mass is 16.4. The Hall–Kier alpha value is -2.85. The second kappa shape index (κ2) is 9.10. The van der Waals surface area contributed by atoms with Crippen molar-refractivity contribution >= 4 is 11.6 Å². The number of carbonyl (C=O) groups is 1. The van der Waals surface area contributed by atoms with Crippen molar-refractivity contribution in [3.05, 3.63) is 88.4 Å². The lowest BCUT2D eigenvalue weighted by Gasteiger charge is -2.25. The zero-order valence-electron chi connectivity index (χ0n) is 18.0. The number of hydrogen-bond acceptors (Lipinski definition) is 3. The van der Waals surface area contributed by atoms with Crippen molar-refractivity contribution in [1.82, 2.24) is 4.90 Å². The van der Waals surface area contributed by atoms with Crippen molar-refractivity contribution in [2.75, 3.05) is 5.32 Å². The van der Waals surface area contributed by atoms with Crippen LogP contribution in [0.3, 0.4) is 0 Å². The Morgan fingerprint density at radius 3 is 2.31 bits per heavy atom. The van der Waals surface area contributed by atoms with Crippen LogP contribution < -0.4 is 5.32 Å². The summed E-state index contributed by atoms with van der Waals surface area (Å²) in [5.41, 5.74) is 5.65. The fourth-order valence-corrected chi connectivity index (χ4v) is 3.15. The van der Waals surface area contributed by atoms with Crippen LogP contribution in [0.1, 0.15) is 52.4 Å². The van der Waals surface area contributed by atoms with Crippen LogP contribution in [0.4, 0.5) is 5.69 Å². The van der Waals surface area contributed by atoms with E-state index in [1.54, 1.807) is 6.07 Å². The van der Waals surface area contributed by atoms with Crippen molar-refractivity contribution in [2.45, 2.75) is 53.8 Å². The summed E-state index contributed by atoms with van der Waals surface area (Å²) < 4.78 is 5.86. The normalized spacial score (nSPS) is 11.3. The molecule has 152 valence electrons. The van der Waals surface area contributed by atoms with Crippen LogP contribution in [0, 0.1) is 20.8 Å². The fraction of sp³-hybridized carbons (Fsp3) is 0.320. The predicted octanol–water partition coefficient (Wildman–Crippen LogP) is 5.87. The van der Waals surface area contributed by atoms with E-state index in [4.69, 9.17) is 4.42 Å². The first kappa shape index (κ1) is 20.9.